The Morgan fingerprint density at radius 2 is 1.42 bits per heavy atom. The maximum atomic E-state index is 6.14. The molecule has 0 amide bonds. The molecule has 0 spiro atoms. The minimum Gasteiger partial charge on any atom is -0.399 e. The van der Waals surface area contributed by atoms with Gasteiger partial charge in [-0.25, -0.2) is 0 Å². The number of piperazine rings is 1. The Morgan fingerprint density at radius 3 is 1.92 bits per heavy atom. The van der Waals surface area contributed by atoms with Crippen LogP contribution in [0.3, 0.4) is 0 Å². The number of nitrogens with zero attached hydrogens (tertiary/aromatic N) is 2. The Labute approximate surface area is 147 Å². The molecule has 0 aromatic heterocycles. The van der Waals surface area contributed by atoms with Crippen molar-refractivity contribution in [2.24, 2.45) is 0 Å². The van der Waals surface area contributed by atoms with Crippen LogP contribution in [0.1, 0.15) is 46.2 Å². The molecule has 2 fully saturated rings. The molecule has 2 heterocycles. The molecule has 1 atom stereocenters. The molecule has 0 bridgehead atoms. The molecule has 2 aliphatic heterocycles. The van der Waals surface area contributed by atoms with E-state index in [4.69, 9.17) is 9.31 Å². The van der Waals surface area contributed by atoms with Gasteiger partial charge in [0.1, 0.15) is 0 Å². The monoisotopic (exact) mass is 330 g/mol. The molecule has 2 aliphatic rings. The molecule has 0 unspecified atom stereocenters. The number of likely N-dealkylation sites (N-methyl/N-ethyl adjacent to an activating group) is 1. The third-order valence-corrected chi connectivity index (χ3v) is 6.03. The van der Waals surface area contributed by atoms with Gasteiger partial charge in [-0.05, 0) is 52.7 Å². The lowest BCUT2D eigenvalue weighted by Crippen LogP contribution is -2.45. The second kappa shape index (κ2) is 6.45. The van der Waals surface area contributed by atoms with E-state index in [0.29, 0.717) is 6.04 Å². The van der Waals surface area contributed by atoms with Crippen LogP contribution < -0.4 is 5.46 Å². The van der Waals surface area contributed by atoms with Crippen LogP contribution in [0, 0.1) is 0 Å². The van der Waals surface area contributed by atoms with Gasteiger partial charge in [0.25, 0.3) is 0 Å². The second-order valence-corrected chi connectivity index (χ2v) is 8.27. The molecule has 4 nitrogen and oxygen atoms in total. The summed E-state index contributed by atoms with van der Waals surface area (Å²) < 4.78 is 12.3. The smallest absolute Gasteiger partial charge is 0.399 e. The van der Waals surface area contributed by atoms with Gasteiger partial charge in [-0.15, -0.1) is 0 Å². The minimum atomic E-state index is -0.288. The average molecular weight is 330 g/mol. The highest BCUT2D eigenvalue weighted by Gasteiger charge is 2.51. The van der Waals surface area contributed by atoms with Crippen LogP contribution in [0.25, 0.3) is 0 Å². The van der Waals surface area contributed by atoms with E-state index in [1.165, 1.54) is 5.56 Å². The number of hydrogen-bond acceptors (Lipinski definition) is 4. The topological polar surface area (TPSA) is 24.9 Å². The van der Waals surface area contributed by atoms with Crippen LogP contribution in [0.2, 0.25) is 0 Å². The molecular weight excluding hydrogens is 299 g/mol. The maximum Gasteiger partial charge on any atom is 0.494 e. The molecule has 0 radical (unpaired) electrons. The van der Waals surface area contributed by atoms with Gasteiger partial charge in [0.2, 0.25) is 0 Å². The Balaban J connectivity index is 1.68. The predicted octanol–water partition coefficient (Wildman–Crippen LogP) is 2.29. The fourth-order valence-electron chi connectivity index (χ4n) is 3.33. The van der Waals surface area contributed by atoms with Gasteiger partial charge in [0, 0.05) is 32.2 Å². The standard InChI is InChI=1S/C19H31BN2O2/c1-15(22-13-11-21(6)12-14-22)16-7-9-17(10-8-16)20-23-18(2,3)19(4,5)24-20/h7-10,15H,11-14H2,1-6H3/t15-/m1/s1. The third-order valence-electron chi connectivity index (χ3n) is 6.03. The zero-order valence-electron chi connectivity index (χ0n) is 16.0. The van der Waals surface area contributed by atoms with E-state index in [0.717, 1.165) is 31.6 Å². The Morgan fingerprint density at radius 1 is 0.917 bits per heavy atom. The Hall–Kier alpha value is -0.875. The van der Waals surface area contributed by atoms with Crippen LogP contribution in [0.4, 0.5) is 0 Å². The summed E-state index contributed by atoms with van der Waals surface area (Å²) >= 11 is 0. The van der Waals surface area contributed by atoms with Crippen LogP contribution in [-0.4, -0.2) is 61.3 Å². The summed E-state index contributed by atoms with van der Waals surface area (Å²) in [6, 6.07) is 9.21. The lowest BCUT2D eigenvalue weighted by molar-refractivity contribution is 0.00578. The number of benzene rings is 1. The zero-order chi connectivity index (χ0) is 17.5. The van der Waals surface area contributed by atoms with E-state index >= 15 is 0 Å². The Kier molecular flexibility index (Phi) is 4.82. The highest BCUT2D eigenvalue weighted by Crippen LogP contribution is 2.36. The molecule has 3 rings (SSSR count). The van der Waals surface area contributed by atoms with Crippen molar-refractivity contribution in [3.63, 3.8) is 0 Å². The largest absolute Gasteiger partial charge is 0.494 e. The van der Waals surface area contributed by atoms with Gasteiger partial charge in [-0.1, -0.05) is 24.3 Å². The molecule has 2 saturated heterocycles. The first kappa shape index (κ1) is 17.9. The van der Waals surface area contributed by atoms with Crippen molar-refractivity contribution in [3.8, 4) is 0 Å². The average Bonchev–Trinajstić information content (AvgIpc) is 2.76. The van der Waals surface area contributed by atoms with Crippen LogP contribution in [0.5, 0.6) is 0 Å². The number of hydrogen-bond donors (Lipinski definition) is 0. The first-order chi connectivity index (χ1) is 11.2. The van der Waals surface area contributed by atoms with Crippen molar-refractivity contribution in [1.82, 2.24) is 9.80 Å². The molecule has 132 valence electrons. The molecule has 0 aliphatic carbocycles. The zero-order valence-corrected chi connectivity index (χ0v) is 16.0. The summed E-state index contributed by atoms with van der Waals surface area (Å²) in [6.07, 6.45) is 0. The molecule has 1 aromatic rings. The molecular formula is C19H31BN2O2. The quantitative estimate of drug-likeness (QED) is 0.794. The lowest BCUT2D eigenvalue weighted by Gasteiger charge is -2.36. The minimum absolute atomic E-state index is 0.275. The molecule has 0 saturated carbocycles. The van der Waals surface area contributed by atoms with Crippen molar-refractivity contribution >= 4 is 12.6 Å². The van der Waals surface area contributed by atoms with Gasteiger partial charge in [0.15, 0.2) is 0 Å². The summed E-state index contributed by atoms with van der Waals surface area (Å²) in [5, 5.41) is 0. The highest BCUT2D eigenvalue weighted by molar-refractivity contribution is 6.62. The third kappa shape index (κ3) is 3.41. The van der Waals surface area contributed by atoms with Crippen molar-refractivity contribution in [2.75, 3.05) is 33.2 Å². The summed E-state index contributed by atoms with van der Waals surface area (Å²) in [5.41, 5.74) is 1.88. The lowest BCUT2D eigenvalue weighted by atomic mass is 9.78. The fraction of sp³-hybridized carbons (Fsp3) is 0.684. The molecule has 24 heavy (non-hydrogen) atoms. The Bertz CT molecular complexity index is 549. The van der Waals surface area contributed by atoms with Crippen molar-refractivity contribution in [3.05, 3.63) is 29.8 Å². The highest BCUT2D eigenvalue weighted by atomic mass is 16.7. The van der Waals surface area contributed by atoms with E-state index in [9.17, 15) is 0 Å². The molecule has 5 heteroatoms. The van der Waals surface area contributed by atoms with Crippen molar-refractivity contribution in [2.45, 2.75) is 51.9 Å². The first-order valence-electron chi connectivity index (χ1n) is 9.08. The van der Waals surface area contributed by atoms with E-state index in [2.05, 4.69) is 75.7 Å². The maximum absolute atomic E-state index is 6.14. The first-order valence-corrected chi connectivity index (χ1v) is 9.08. The summed E-state index contributed by atoms with van der Waals surface area (Å²) in [5.74, 6) is 0. The van der Waals surface area contributed by atoms with E-state index in [1.54, 1.807) is 0 Å². The van der Waals surface area contributed by atoms with Crippen molar-refractivity contribution < 1.29 is 9.31 Å². The molecule has 0 N–H and O–H groups in total. The molecule has 1 aromatic carbocycles. The number of rotatable bonds is 3. The summed E-state index contributed by atoms with van der Waals surface area (Å²) in [4.78, 5) is 4.95. The van der Waals surface area contributed by atoms with Crippen LogP contribution >= 0.6 is 0 Å². The van der Waals surface area contributed by atoms with Crippen LogP contribution in [0.15, 0.2) is 24.3 Å². The summed E-state index contributed by atoms with van der Waals surface area (Å²) in [6.45, 7) is 15.2. The van der Waals surface area contributed by atoms with Gasteiger partial charge in [0.05, 0.1) is 11.2 Å². The van der Waals surface area contributed by atoms with E-state index in [1.807, 2.05) is 0 Å². The predicted molar refractivity (Wildman–Crippen MR) is 99.6 cm³/mol. The van der Waals surface area contributed by atoms with Gasteiger partial charge in [-0.3, -0.25) is 4.90 Å². The SMILES string of the molecule is C[C@H](c1ccc(B2OC(C)(C)C(C)(C)O2)cc1)N1CCN(C)CC1. The second-order valence-electron chi connectivity index (χ2n) is 8.27. The normalized spacial score (nSPS) is 25.8. The fourth-order valence-corrected chi connectivity index (χ4v) is 3.33. The van der Waals surface area contributed by atoms with E-state index < -0.39 is 0 Å². The van der Waals surface area contributed by atoms with Gasteiger partial charge < -0.3 is 14.2 Å². The van der Waals surface area contributed by atoms with Crippen molar-refractivity contribution in [1.29, 1.82) is 0 Å². The summed E-state index contributed by atoms with van der Waals surface area (Å²) in [7, 11) is 1.92. The van der Waals surface area contributed by atoms with Gasteiger partial charge in [-0.2, -0.15) is 0 Å². The van der Waals surface area contributed by atoms with Gasteiger partial charge >= 0.3 is 7.12 Å². The van der Waals surface area contributed by atoms with E-state index in [-0.39, 0.29) is 18.3 Å². The van der Waals surface area contributed by atoms with Crippen LogP contribution in [-0.2, 0) is 9.31 Å².